The molecule has 52 valence electrons. The summed E-state index contributed by atoms with van der Waals surface area (Å²) in [7, 11) is 0. The van der Waals surface area contributed by atoms with Crippen LogP contribution in [0.1, 0.15) is 0 Å². The maximum absolute atomic E-state index is 3.66. The first-order valence-corrected chi connectivity index (χ1v) is 2.78. The van der Waals surface area contributed by atoms with Gasteiger partial charge in [0, 0.05) is 6.72 Å². The molecule has 0 bridgehead atoms. The van der Waals surface area contributed by atoms with Crippen LogP contribution in [-0.4, -0.2) is 12.9 Å². The molecule has 0 rings (SSSR count). The smallest absolute Gasteiger partial charge is 0.0561 e. The first-order valence-electron chi connectivity index (χ1n) is 2.78. The zero-order chi connectivity index (χ0) is 7.82. The van der Waals surface area contributed by atoms with Gasteiger partial charge in [-0.25, -0.2) is 0 Å². The van der Waals surface area contributed by atoms with Crippen LogP contribution in [0.3, 0.4) is 0 Å². The van der Waals surface area contributed by atoms with Crippen LogP contribution in [0.4, 0.5) is 0 Å². The van der Waals surface area contributed by atoms with E-state index in [1.54, 1.807) is 18.2 Å². The highest BCUT2D eigenvalue weighted by Crippen LogP contribution is 1.88. The molecule has 0 amide bonds. The molecular weight excluding hydrogens is 124 g/mol. The van der Waals surface area contributed by atoms with Gasteiger partial charge in [-0.05, 0) is 5.57 Å². The highest BCUT2D eigenvalue weighted by atomic mass is 15.2. The lowest BCUT2D eigenvalue weighted by Crippen LogP contribution is -1.73. The van der Waals surface area contributed by atoms with Crippen molar-refractivity contribution >= 4 is 12.9 Å². The average Bonchev–Trinajstić information content (AvgIpc) is 1.97. The zero-order valence-corrected chi connectivity index (χ0v) is 5.83. The Morgan fingerprint density at radius 1 is 1.40 bits per heavy atom. The lowest BCUT2D eigenvalue weighted by atomic mass is 10.3. The van der Waals surface area contributed by atoms with E-state index >= 15 is 0 Å². The van der Waals surface area contributed by atoms with Crippen molar-refractivity contribution in [3.05, 3.63) is 37.0 Å². The van der Waals surface area contributed by atoms with Gasteiger partial charge in [-0.1, -0.05) is 31.4 Å². The predicted molar refractivity (Wildman–Crippen MR) is 46.5 cm³/mol. The number of allylic oxidation sites excluding steroid dienone is 4. The summed E-state index contributed by atoms with van der Waals surface area (Å²) >= 11 is 0. The van der Waals surface area contributed by atoms with E-state index < -0.39 is 0 Å². The van der Waals surface area contributed by atoms with Crippen molar-refractivity contribution in [3.8, 4) is 0 Å². The molecule has 2 heteroatoms. The van der Waals surface area contributed by atoms with Gasteiger partial charge in [0.15, 0.2) is 0 Å². The summed E-state index contributed by atoms with van der Waals surface area (Å²) in [6, 6.07) is 0. The van der Waals surface area contributed by atoms with Crippen LogP contribution < -0.4 is 0 Å². The van der Waals surface area contributed by atoms with Gasteiger partial charge in [0.25, 0.3) is 0 Å². The zero-order valence-electron chi connectivity index (χ0n) is 5.83. The van der Waals surface area contributed by atoms with Crippen LogP contribution in [0.2, 0.25) is 0 Å². The SMILES string of the molecule is C=C/C=C\C(=C)/C=N/N=C. The molecule has 0 aliphatic heterocycles. The average molecular weight is 134 g/mol. The highest BCUT2D eigenvalue weighted by Gasteiger charge is 1.75. The fourth-order valence-electron chi connectivity index (χ4n) is 0.350. The van der Waals surface area contributed by atoms with Gasteiger partial charge in [-0.3, -0.25) is 0 Å². The Morgan fingerprint density at radius 3 is 2.60 bits per heavy atom. The highest BCUT2D eigenvalue weighted by molar-refractivity contribution is 5.81. The first kappa shape index (κ1) is 8.56. The molecule has 0 fully saturated rings. The van der Waals surface area contributed by atoms with Gasteiger partial charge in [0.05, 0.1) is 6.21 Å². The summed E-state index contributed by atoms with van der Waals surface area (Å²) in [5, 5.41) is 6.81. The molecule has 0 spiro atoms. The summed E-state index contributed by atoms with van der Waals surface area (Å²) in [5.74, 6) is 0. The second-order valence-electron chi connectivity index (χ2n) is 1.56. The Balaban J connectivity index is 3.85. The van der Waals surface area contributed by atoms with E-state index in [0.717, 1.165) is 5.57 Å². The van der Waals surface area contributed by atoms with E-state index in [4.69, 9.17) is 0 Å². The van der Waals surface area contributed by atoms with Crippen LogP contribution in [0.5, 0.6) is 0 Å². The monoisotopic (exact) mass is 134 g/mol. The minimum atomic E-state index is 0.771. The lowest BCUT2D eigenvalue weighted by Gasteiger charge is -1.82. The molecule has 0 aliphatic carbocycles. The van der Waals surface area contributed by atoms with E-state index in [2.05, 4.69) is 30.1 Å². The van der Waals surface area contributed by atoms with E-state index in [0.29, 0.717) is 0 Å². The normalized spacial score (nSPS) is 10.4. The van der Waals surface area contributed by atoms with Crippen LogP contribution in [-0.2, 0) is 0 Å². The third kappa shape index (κ3) is 4.71. The molecule has 2 nitrogen and oxygen atoms in total. The Kier molecular flexibility index (Phi) is 4.87. The molecule has 0 aromatic heterocycles. The summed E-state index contributed by atoms with van der Waals surface area (Å²) in [4.78, 5) is 0. The second-order valence-corrected chi connectivity index (χ2v) is 1.56. The van der Waals surface area contributed by atoms with Gasteiger partial charge in [-0.2, -0.15) is 10.2 Å². The Bertz CT molecular complexity index is 167. The summed E-state index contributed by atoms with van der Waals surface area (Å²) < 4.78 is 0. The van der Waals surface area contributed by atoms with Crippen molar-refractivity contribution in [1.29, 1.82) is 0 Å². The van der Waals surface area contributed by atoms with Crippen molar-refractivity contribution in [1.82, 2.24) is 0 Å². The maximum atomic E-state index is 3.66. The molecule has 0 unspecified atom stereocenters. The Labute approximate surface area is 61.0 Å². The number of hydrogen-bond acceptors (Lipinski definition) is 2. The van der Waals surface area contributed by atoms with Crippen molar-refractivity contribution in [2.45, 2.75) is 0 Å². The Hall–Kier alpha value is -1.44. The minimum absolute atomic E-state index is 0.771. The molecule has 0 radical (unpaired) electrons. The van der Waals surface area contributed by atoms with Crippen molar-refractivity contribution in [3.63, 3.8) is 0 Å². The predicted octanol–water partition coefficient (Wildman–Crippen LogP) is 1.97. The second kappa shape index (κ2) is 5.69. The van der Waals surface area contributed by atoms with Crippen LogP contribution in [0, 0.1) is 0 Å². The molecule has 0 aromatic rings. The molecule has 10 heavy (non-hydrogen) atoms. The first-order chi connectivity index (χ1) is 4.81. The maximum Gasteiger partial charge on any atom is 0.0561 e. The fourth-order valence-corrected chi connectivity index (χ4v) is 0.350. The molecule has 0 atom stereocenters. The van der Waals surface area contributed by atoms with E-state index in [-0.39, 0.29) is 0 Å². The molecule has 0 N–H and O–H groups in total. The lowest BCUT2D eigenvalue weighted by molar-refractivity contribution is 1.28. The largest absolute Gasteiger partial charge is 0.167 e. The fraction of sp³-hybridized carbons (Fsp3) is 0. The molecule has 0 saturated heterocycles. The third-order valence-electron chi connectivity index (χ3n) is 0.752. The van der Waals surface area contributed by atoms with Gasteiger partial charge in [-0.15, -0.1) is 0 Å². The van der Waals surface area contributed by atoms with Crippen LogP contribution in [0.15, 0.2) is 47.2 Å². The molecule has 0 aromatic carbocycles. The van der Waals surface area contributed by atoms with E-state index in [9.17, 15) is 0 Å². The summed E-state index contributed by atoms with van der Waals surface area (Å²) in [6.07, 6.45) is 6.74. The van der Waals surface area contributed by atoms with E-state index in [1.165, 1.54) is 6.21 Å². The summed E-state index contributed by atoms with van der Waals surface area (Å²) in [5.41, 5.74) is 0.771. The third-order valence-corrected chi connectivity index (χ3v) is 0.752. The van der Waals surface area contributed by atoms with Crippen molar-refractivity contribution in [2.24, 2.45) is 10.2 Å². The van der Waals surface area contributed by atoms with Crippen molar-refractivity contribution in [2.75, 3.05) is 0 Å². The van der Waals surface area contributed by atoms with Gasteiger partial charge < -0.3 is 0 Å². The summed E-state index contributed by atoms with van der Waals surface area (Å²) in [6.45, 7) is 10.3. The van der Waals surface area contributed by atoms with Crippen molar-refractivity contribution < 1.29 is 0 Å². The minimum Gasteiger partial charge on any atom is -0.167 e. The van der Waals surface area contributed by atoms with E-state index in [1.807, 2.05) is 0 Å². The molecule has 0 saturated carbocycles. The van der Waals surface area contributed by atoms with Gasteiger partial charge in [0.1, 0.15) is 0 Å². The number of nitrogens with zero attached hydrogens (tertiary/aromatic N) is 2. The van der Waals surface area contributed by atoms with Gasteiger partial charge >= 0.3 is 0 Å². The Morgan fingerprint density at radius 2 is 2.10 bits per heavy atom. The quantitative estimate of drug-likeness (QED) is 0.319. The molecular formula is C8H10N2. The molecule has 0 aliphatic rings. The van der Waals surface area contributed by atoms with Crippen LogP contribution >= 0.6 is 0 Å². The van der Waals surface area contributed by atoms with Crippen LogP contribution in [0.25, 0.3) is 0 Å². The standard InChI is InChI=1S/C8H10N2/c1-4-5-6-8(2)7-10-9-3/h4-7H,1-3H2/b6-5-,10-7+. The topological polar surface area (TPSA) is 24.7 Å². The van der Waals surface area contributed by atoms with Gasteiger partial charge in [0.2, 0.25) is 0 Å². The molecule has 0 heterocycles. The number of rotatable bonds is 4. The number of hydrogen-bond donors (Lipinski definition) is 0.